The van der Waals surface area contributed by atoms with E-state index in [1.807, 2.05) is 55.5 Å². The van der Waals surface area contributed by atoms with Crippen LogP contribution in [0.25, 0.3) is 44.3 Å². The third-order valence-corrected chi connectivity index (χ3v) is 5.03. The fraction of sp³-hybridized carbons (Fsp3) is 0.0400. The monoisotopic (exact) mass is 363 g/mol. The molecule has 2 aromatic heterocycles. The molecule has 0 bridgehead atoms. The van der Waals surface area contributed by atoms with Crippen LogP contribution in [0.2, 0.25) is 0 Å². The van der Waals surface area contributed by atoms with Crippen LogP contribution in [-0.2, 0) is 0 Å². The average Bonchev–Trinajstić information content (AvgIpc) is 2.74. The highest BCUT2D eigenvalue weighted by Crippen LogP contribution is 2.37. The second-order valence-corrected chi connectivity index (χ2v) is 6.87. The number of hydrogen-bond acceptors (Lipinski definition) is 3. The van der Waals surface area contributed by atoms with Gasteiger partial charge in [0, 0.05) is 22.4 Å². The highest BCUT2D eigenvalue weighted by atomic mass is 16.4. The predicted molar refractivity (Wildman–Crippen MR) is 113 cm³/mol. The van der Waals surface area contributed by atoms with Crippen LogP contribution in [0.3, 0.4) is 0 Å². The SMILES string of the molecule is Cc1cc2oc(=O)ccc2c2c(-c3ccccc3)cc(-c3ccccc3)nc12. The average molecular weight is 363 g/mol. The topological polar surface area (TPSA) is 43.1 Å². The zero-order valence-corrected chi connectivity index (χ0v) is 15.3. The smallest absolute Gasteiger partial charge is 0.336 e. The van der Waals surface area contributed by atoms with E-state index in [2.05, 4.69) is 30.3 Å². The van der Waals surface area contributed by atoms with Gasteiger partial charge in [-0.2, -0.15) is 0 Å². The molecule has 0 amide bonds. The maximum Gasteiger partial charge on any atom is 0.336 e. The zero-order chi connectivity index (χ0) is 19.1. The normalized spacial score (nSPS) is 11.2. The van der Waals surface area contributed by atoms with E-state index in [1.165, 1.54) is 6.07 Å². The van der Waals surface area contributed by atoms with Crippen molar-refractivity contribution in [2.24, 2.45) is 0 Å². The molecule has 28 heavy (non-hydrogen) atoms. The van der Waals surface area contributed by atoms with E-state index in [0.29, 0.717) is 5.58 Å². The number of fused-ring (bicyclic) bond motifs is 3. The molecule has 0 aliphatic heterocycles. The third kappa shape index (κ3) is 2.69. The van der Waals surface area contributed by atoms with E-state index in [1.54, 1.807) is 0 Å². The molecule has 3 heteroatoms. The molecule has 3 nitrogen and oxygen atoms in total. The molecule has 2 heterocycles. The van der Waals surface area contributed by atoms with E-state index < -0.39 is 0 Å². The van der Waals surface area contributed by atoms with Gasteiger partial charge >= 0.3 is 5.63 Å². The van der Waals surface area contributed by atoms with Gasteiger partial charge in [0.1, 0.15) is 5.58 Å². The molecule has 5 aromatic rings. The van der Waals surface area contributed by atoms with Crippen molar-refractivity contribution < 1.29 is 4.42 Å². The molecule has 5 rings (SSSR count). The second-order valence-electron chi connectivity index (χ2n) is 6.87. The summed E-state index contributed by atoms with van der Waals surface area (Å²) in [5.74, 6) is 0. The predicted octanol–water partition coefficient (Wildman–Crippen LogP) is 5.98. The van der Waals surface area contributed by atoms with Crippen molar-refractivity contribution in [1.29, 1.82) is 0 Å². The first-order valence-electron chi connectivity index (χ1n) is 9.20. The Labute approximate surface area is 161 Å². The number of aromatic nitrogens is 1. The number of nitrogens with zero attached hydrogens (tertiary/aromatic N) is 1. The summed E-state index contributed by atoms with van der Waals surface area (Å²) in [4.78, 5) is 16.7. The van der Waals surface area contributed by atoms with Gasteiger partial charge in [0.05, 0.1) is 11.2 Å². The van der Waals surface area contributed by atoms with Crippen LogP contribution >= 0.6 is 0 Å². The van der Waals surface area contributed by atoms with Gasteiger partial charge in [0.25, 0.3) is 0 Å². The van der Waals surface area contributed by atoms with Crippen molar-refractivity contribution in [3.8, 4) is 22.4 Å². The molecule has 0 radical (unpaired) electrons. The van der Waals surface area contributed by atoms with Gasteiger partial charge in [0.2, 0.25) is 0 Å². The van der Waals surface area contributed by atoms with Gasteiger partial charge in [-0.05, 0) is 41.8 Å². The molecule has 0 aliphatic rings. The summed E-state index contributed by atoms with van der Waals surface area (Å²) >= 11 is 0. The number of aryl methyl sites for hydroxylation is 1. The van der Waals surface area contributed by atoms with Gasteiger partial charge < -0.3 is 4.42 Å². The molecule has 0 N–H and O–H groups in total. The quantitative estimate of drug-likeness (QED) is 0.286. The van der Waals surface area contributed by atoms with Crippen molar-refractivity contribution in [3.05, 3.63) is 101 Å². The minimum atomic E-state index is -0.346. The summed E-state index contributed by atoms with van der Waals surface area (Å²) in [6, 6.07) is 27.8. The number of rotatable bonds is 2. The lowest BCUT2D eigenvalue weighted by Gasteiger charge is -2.14. The Morgan fingerprint density at radius 2 is 1.46 bits per heavy atom. The maximum absolute atomic E-state index is 11.7. The fourth-order valence-electron chi connectivity index (χ4n) is 3.71. The molecule has 0 spiro atoms. The molecular formula is C25H17NO2. The van der Waals surface area contributed by atoms with Crippen molar-refractivity contribution >= 4 is 21.9 Å². The molecule has 0 aliphatic carbocycles. The van der Waals surface area contributed by atoms with Crippen molar-refractivity contribution in [2.45, 2.75) is 6.92 Å². The molecule has 0 fully saturated rings. The van der Waals surface area contributed by atoms with E-state index >= 15 is 0 Å². The number of pyridine rings is 1. The van der Waals surface area contributed by atoms with Gasteiger partial charge in [0.15, 0.2) is 0 Å². The van der Waals surface area contributed by atoms with Crippen LogP contribution in [0.5, 0.6) is 0 Å². The van der Waals surface area contributed by atoms with Gasteiger partial charge in [-0.3, -0.25) is 0 Å². The van der Waals surface area contributed by atoms with Crippen molar-refractivity contribution in [1.82, 2.24) is 4.98 Å². The van der Waals surface area contributed by atoms with Crippen LogP contribution in [0, 0.1) is 6.92 Å². The van der Waals surface area contributed by atoms with Crippen molar-refractivity contribution in [3.63, 3.8) is 0 Å². The molecule has 134 valence electrons. The Kier molecular flexibility index (Phi) is 3.80. The second kappa shape index (κ2) is 6.46. The van der Waals surface area contributed by atoms with Gasteiger partial charge in [-0.1, -0.05) is 60.7 Å². The fourth-order valence-corrected chi connectivity index (χ4v) is 3.71. The van der Waals surface area contributed by atoms with Crippen LogP contribution in [0.4, 0.5) is 0 Å². The molecule has 0 saturated carbocycles. The minimum Gasteiger partial charge on any atom is -0.423 e. The molecule has 0 atom stereocenters. The Bertz CT molecular complexity index is 1370. The van der Waals surface area contributed by atoms with Crippen LogP contribution in [0.15, 0.2) is 94.1 Å². The van der Waals surface area contributed by atoms with Gasteiger partial charge in [-0.25, -0.2) is 9.78 Å². The summed E-state index contributed by atoms with van der Waals surface area (Å²) < 4.78 is 5.47. The minimum absolute atomic E-state index is 0.346. The molecular weight excluding hydrogens is 346 g/mol. The summed E-state index contributed by atoms with van der Waals surface area (Å²) in [5, 5.41) is 1.90. The largest absolute Gasteiger partial charge is 0.423 e. The van der Waals surface area contributed by atoms with Gasteiger partial charge in [-0.15, -0.1) is 0 Å². The summed E-state index contributed by atoms with van der Waals surface area (Å²) in [7, 11) is 0. The lowest BCUT2D eigenvalue weighted by Crippen LogP contribution is -1.98. The number of hydrogen-bond donors (Lipinski definition) is 0. The Hall–Kier alpha value is -3.72. The number of benzene rings is 3. The first-order chi connectivity index (χ1) is 13.7. The lowest BCUT2D eigenvalue weighted by molar-refractivity contribution is 0.561. The van der Waals surface area contributed by atoms with Crippen LogP contribution in [-0.4, -0.2) is 4.98 Å². The maximum atomic E-state index is 11.7. The summed E-state index contributed by atoms with van der Waals surface area (Å²) in [6.45, 7) is 2.01. The van der Waals surface area contributed by atoms with Crippen LogP contribution in [0.1, 0.15) is 5.56 Å². The molecule has 3 aromatic carbocycles. The summed E-state index contributed by atoms with van der Waals surface area (Å²) in [5.41, 5.74) is 6.31. The third-order valence-electron chi connectivity index (χ3n) is 5.03. The Morgan fingerprint density at radius 3 is 2.18 bits per heavy atom. The Balaban J connectivity index is 1.97. The van der Waals surface area contributed by atoms with Crippen LogP contribution < -0.4 is 5.63 Å². The van der Waals surface area contributed by atoms with E-state index in [-0.39, 0.29) is 5.63 Å². The lowest BCUT2D eigenvalue weighted by atomic mass is 9.94. The first kappa shape index (κ1) is 16.5. The Morgan fingerprint density at radius 1 is 0.786 bits per heavy atom. The first-order valence-corrected chi connectivity index (χ1v) is 9.20. The van der Waals surface area contributed by atoms with E-state index in [9.17, 15) is 4.79 Å². The highest BCUT2D eigenvalue weighted by Gasteiger charge is 2.15. The van der Waals surface area contributed by atoms with Crippen molar-refractivity contribution in [2.75, 3.05) is 0 Å². The zero-order valence-electron chi connectivity index (χ0n) is 15.3. The standard InChI is InChI=1S/C25H17NO2/c1-16-14-22-19(12-13-23(27)28-22)24-20(17-8-4-2-5-9-17)15-21(26-25(16)24)18-10-6-3-7-11-18/h2-15H,1H3. The summed E-state index contributed by atoms with van der Waals surface area (Å²) in [6.07, 6.45) is 0. The highest BCUT2D eigenvalue weighted by molar-refractivity contribution is 6.13. The molecule has 0 saturated heterocycles. The van der Waals surface area contributed by atoms with E-state index in [4.69, 9.17) is 9.40 Å². The molecule has 0 unspecified atom stereocenters. The van der Waals surface area contributed by atoms with E-state index in [0.717, 1.165) is 44.2 Å².